The van der Waals surface area contributed by atoms with Crippen LogP contribution < -0.4 is 18.9 Å². The summed E-state index contributed by atoms with van der Waals surface area (Å²) in [6.45, 7) is 6.10. The Kier molecular flexibility index (Phi) is 5.29. The van der Waals surface area contributed by atoms with E-state index in [4.69, 9.17) is 9.47 Å². The molecule has 2 N–H and O–H groups in total. The lowest BCUT2D eigenvalue weighted by Gasteiger charge is -2.28. The average molecular weight is 355 g/mol. The molecule has 24 heavy (non-hydrogen) atoms. The monoisotopic (exact) mass is 355 g/mol. The Labute approximate surface area is 143 Å². The molecular weight excluding hydrogens is 330 g/mol. The van der Waals surface area contributed by atoms with Gasteiger partial charge < -0.3 is 9.47 Å². The van der Waals surface area contributed by atoms with Gasteiger partial charge in [-0.2, -0.15) is 13.1 Å². The molecule has 1 fully saturated rings. The highest BCUT2D eigenvalue weighted by molar-refractivity contribution is 7.87. The molecule has 0 radical (unpaired) electrons. The smallest absolute Gasteiger partial charge is 0.277 e. The zero-order chi connectivity index (χ0) is 17.2. The lowest BCUT2D eigenvalue weighted by molar-refractivity contribution is 0.173. The Bertz CT molecular complexity index is 672. The van der Waals surface area contributed by atoms with Gasteiger partial charge in [0.2, 0.25) is 6.79 Å². The highest BCUT2D eigenvalue weighted by Crippen LogP contribution is 2.36. The van der Waals surface area contributed by atoms with Crippen LogP contribution in [0.2, 0.25) is 0 Å². The van der Waals surface area contributed by atoms with Crippen molar-refractivity contribution in [3.63, 3.8) is 0 Å². The molecule has 8 heteroatoms. The third-order valence-corrected chi connectivity index (χ3v) is 5.55. The van der Waals surface area contributed by atoms with E-state index < -0.39 is 10.2 Å². The molecular formula is C16H25N3O4S. The van der Waals surface area contributed by atoms with Crippen LogP contribution in [0.5, 0.6) is 11.5 Å². The number of hydrogen-bond acceptors (Lipinski definition) is 5. The molecule has 1 unspecified atom stereocenters. The summed E-state index contributed by atoms with van der Waals surface area (Å²) in [5.41, 5.74) is 1.04. The maximum atomic E-state index is 12.1. The minimum absolute atomic E-state index is 0.0225. The van der Waals surface area contributed by atoms with Crippen molar-refractivity contribution in [2.75, 3.05) is 26.4 Å². The number of nitrogens with one attached hydrogen (secondary N) is 2. The summed E-state index contributed by atoms with van der Waals surface area (Å²) >= 11 is 0. The fourth-order valence-electron chi connectivity index (χ4n) is 3.17. The van der Waals surface area contributed by atoms with Gasteiger partial charge in [-0.3, -0.25) is 4.90 Å². The van der Waals surface area contributed by atoms with Gasteiger partial charge in [0.1, 0.15) is 0 Å². The molecule has 2 heterocycles. The van der Waals surface area contributed by atoms with E-state index in [1.165, 1.54) is 0 Å². The second kappa shape index (κ2) is 7.26. The predicted molar refractivity (Wildman–Crippen MR) is 91.3 cm³/mol. The van der Waals surface area contributed by atoms with E-state index in [1.807, 2.05) is 18.2 Å². The van der Waals surface area contributed by atoms with Crippen molar-refractivity contribution in [1.82, 2.24) is 14.3 Å². The van der Waals surface area contributed by atoms with Gasteiger partial charge in [0.25, 0.3) is 10.2 Å². The van der Waals surface area contributed by atoms with Crippen LogP contribution in [0.3, 0.4) is 0 Å². The van der Waals surface area contributed by atoms with Crippen molar-refractivity contribution >= 4 is 10.2 Å². The third-order valence-electron chi connectivity index (χ3n) is 4.22. The molecule has 1 aromatic carbocycles. The molecule has 1 atom stereocenters. The lowest BCUT2D eigenvalue weighted by atomic mass is 10.1. The molecule has 0 aliphatic carbocycles. The molecule has 0 aromatic heterocycles. The molecule has 1 aromatic rings. The van der Waals surface area contributed by atoms with E-state index in [9.17, 15) is 8.42 Å². The van der Waals surface area contributed by atoms with Gasteiger partial charge in [-0.25, -0.2) is 4.72 Å². The second-order valence-corrected chi connectivity index (χ2v) is 8.03. The number of fused-ring (bicyclic) bond motifs is 1. The van der Waals surface area contributed by atoms with E-state index in [1.54, 1.807) is 13.8 Å². The SMILES string of the molecule is CC(C)NS(=O)(=O)NCC(c1ccc2c(c1)OCO2)N1CCCC1. The Morgan fingerprint density at radius 2 is 1.88 bits per heavy atom. The molecule has 7 nitrogen and oxygen atoms in total. The molecule has 2 aliphatic rings. The Balaban J connectivity index is 1.77. The van der Waals surface area contributed by atoms with Crippen molar-refractivity contribution in [2.24, 2.45) is 0 Å². The van der Waals surface area contributed by atoms with Crippen LogP contribution in [0.15, 0.2) is 18.2 Å². The van der Waals surface area contributed by atoms with E-state index in [0.29, 0.717) is 6.54 Å². The van der Waals surface area contributed by atoms with Crippen LogP contribution in [0.1, 0.15) is 38.3 Å². The van der Waals surface area contributed by atoms with Crippen molar-refractivity contribution in [3.8, 4) is 11.5 Å². The van der Waals surface area contributed by atoms with Crippen molar-refractivity contribution in [3.05, 3.63) is 23.8 Å². The highest BCUT2D eigenvalue weighted by atomic mass is 32.2. The zero-order valence-electron chi connectivity index (χ0n) is 14.1. The topological polar surface area (TPSA) is 79.9 Å². The number of hydrogen-bond donors (Lipinski definition) is 2. The van der Waals surface area contributed by atoms with E-state index in [-0.39, 0.29) is 18.9 Å². The summed E-state index contributed by atoms with van der Waals surface area (Å²) in [5.74, 6) is 1.46. The highest BCUT2D eigenvalue weighted by Gasteiger charge is 2.27. The van der Waals surface area contributed by atoms with Gasteiger partial charge in [0.15, 0.2) is 11.5 Å². The Hall–Kier alpha value is -1.35. The molecule has 0 amide bonds. The van der Waals surface area contributed by atoms with Gasteiger partial charge in [0.05, 0.1) is 0 Å². The van der Waals surface area contributed by atoms with E-state index in [0.717, 1.165) is 43.0 Å². The van der Waals surface area contributed by atoms with Crippen LogP contribution in [-0.2, 0) is 10.2 Å². The van der Waals surface area contributed by atoms with Crippen LogP contribution in [0.4, 0.5) is 0 Å². The summed E-state index contributed by atoms with van der Waals surface area (Å²) in [6.07, 6.45) is 2.27. The molecule has 3 rings (SSSR count). The van der Waals surface area contributed by atoms with Gasteiger partial charge in [-0.15, -0.1) is 0 Å². The standard InChI is InChI=1S/C16H25N3O4S/c1-12(2)18-24(20,21)17-10-14(19-7-3-4-8-19)13-5-6-15-16(9-13)23-11-22-15/h5-6,9,12,14,17-18H,3-4,7-8,10-11H2,1-2H3. The molecule has 2 aliphatic heterocycles. The minimum atomic E-state index is -3.51. The van der Waals surface area contributed by atoms with Crippen molar-refractivity contribution < 1.29 is 17.9 Å². The normalized spacial score (nSPS) is 19.1. The Morgan fingerprint density at radius 1 is 1.17 bits per heavy atom. The van der Waals surface area contributed by atoms with Gasteiger partial charge in [0, 0.05) is 18.6 Å². The van der Waals surface area contributed by atoms with E-state index >= 15 is 0 Å². The molecule has 0 bridgehead atoms. The van der Waals surface area contributed by atoms with Gasteiger partial charge >= 0.3 is 0 Å². The predicted octanol–water partition coefficient (Wildman–Crippen LogP) is 1.38. The number of rotatable bonds is 7. The largest absolute Gasteiger partial charge is 0.454 e. The third kappa shape index (κ3) is 4.18. The lowest BCUT2D eigenvalue weighted by Crippen LogP contribution is -2.44. The maximum Gasteiger partial charge on any atom is 0.277 e. The van der Waals surface area contributed by atoms with Crippen molar-refractivity contribution in [2.45, 2.75) is 38.8 Å². The number of benzene rings is 1. The zero-order valence-corrected chi connectivity index (χ0v) is 14.9. The number of likely N-dealkylation sites (tertiary alicyclic amines) is 1. The summed E-state index contributed by atoms with van der Waals surface area (Å²) in [4.78, 5) is 2.31. The summed E-state index contributed by atoms with van der Waals surface area (Å²) in [6, 6.07) is 5.67. The molecule has 134 valence electrons. The number of nitrogens with zero attached hydrogens (tertiary/aromatic N) is 1. The Morgan fingerprint density at radius 3 is 2.58 bits per heavy atom. The van der Waals surface area contributed by atoms with Gasteiger partial charge in [-0.05, 0) is 57.5 Å². The van der Waals surface area contributed by atoms with Crippen molar-refractivity contribution in [1.29, 1.82) is 0 Å². The van der Waals surface area contributed by atoms with Crippen LogP contribution in [-0.4, -0.2) is 45.8 Å². The first-order valence-corrected chi connectivity index (χ1v) is 9.83. The fraction of sp³-hybridized carbons (Fsp3) is 0.625. The van der Waals surface area contributed by atoms with Gasteiger partial charge in [-0.1, -0.05) is 6.07 Å². The average Bonchev–Trinajstić information content (AvgIpc) is 3.16. The second-order valence-electron chi connectivity index (χ2n) is 6.50. The fourth-order valence-corrected chi connectivity index (χ4v) is 4.25. The minimum Gasteiger partial charge on any atom is -0.454 e. The molecule has 0 saturated carbocycles. The van der Waals surface area contributed by atoms with Crippen LogP contribution in [0.25, 0.3) is 0 Å². The van der Waals surface area contributed by atoms with E-state index in [2.05, 4.69) is 14.3 Å². The van der Waals surface area contributed by atoms with Crippen LogP contribution >= 0.6 is 0 Å². The van der Waals surface area contributed by atoms with Crippen LogP contribution in [0, 0.1) is 0 Å². The molecule has 0 spiro atoms. The first-order valence-electron chi connectivity index (χ1n) is 8.35. The number of ether oxygens (including phenoxy) is 2. The first kappa shape index (κ1) is 17.5. The summed E-state index contributed by atoms with van der Waals surface area (Å²) in [5, 5.41) is 0. The quantitative estimate of drug-likeness (QED) is 0.773. The summed E-state index contributed by atoms with van der Waals surface area (Å²) in [7, 11) is -3.51. The first-order chi connectivity index (χ1) is 11.4. The maximum absolute atomic E-state index is 12.1. The summed E-state index contributed by atoms with van der Waals surface area (Å²) < 4.78 is 40.2. The molecule has 1 saturated heterocycles.